The Morgan fingerprint density at radius 2 is 1.63 bits per heavy atom. The molecule has 0 aliphatic rings. The average Bonchev–Trinajstić information content (AvgIpc) is 3.00. The van der Waals surface area contributed by atoms with Crippen LogP contribution in [0.25, 0.3) is 16.9 Å². The van der Waals surface area contributed by atoms with E-state index in [1.807, 2.05) is 0 Å². The summed E-state index contributed by atoms with van der Waals surface area (Å²) < 4.78 is 64.7. The number of nitrogens with zero attached hydrogens (tertiary/aromatic N) is 2. The second-order valence-electron chi connectivity index (χ2n) is 5.53. The van der Waals surface area contributed by atoms with Crippen LogP contribution in [0.15, 0.2) is 54.6 Å². The van der Waals surface area contributed by atoms with Crippen LogP contribution < -0.4 is 9.86 Å². The molecule has 2 aromatic carbocycles. The van der Waals surface area contributed by atoms with E-state index in [9.17, 15) is 21.6 Å². The van der Waals surface area contributed by atoms with E-state index in [4.69, 9.17) is 16.7 Å². The summed E-state index contributed by atoms with van der Waals surface area (Å²) in [6.45, 7) is 0. The van der Waals surface area contributed by atoms with Gasteiger partial charge in [0.15, 0.2) is 5.69 Å². The zero-order valence-corrected chi connectivity index (χ0v) is 15.0. The maximum atomic E-state index is 13.1. The molecule has 0 atom stereocenters. The molecule has 3 N–H and O–H groups in total. The zero-order valence-electron chi connectivity index (χ0n) is 13.4. The van der Waals surface area contributed by atoms with Crippen molar-refractivity contribution in [3.05, 3.63) is 65.3 Å². The van der Waals surface area contributed by atoms with Crippen molar-refractivity contribution in [3.63, 3.8) is 0 Å². The van der Waals surface area contributed by atoms with Gasteiger partial charge >= 0.3 is 6.18 Å². The molecular weight excluding hydrogens is 405 g/mol. The largest absolute Gasteiger partial charge is 0.435 e. The number of nitrogens with two attached hydrogens (primary N) is 1. The van der Waals surface area contributed by atoms with Crippen LogP contribution in [0.2, 0.25) is 5.02 Å². The minimum absolute atomic E-state index is 0.164. The van der Waals surface area contributed by atoms with Crippen molar-refractivity contribution in [3.8, 4) is 16.9 Å². The Balaban J connectivity index is 2.08. The molecule has 0 amide bonds. The Morgan fingerprint density at radius 3 is 2.15 bits per heavy atom. The predicted molar refractivity (Wildman–Crippen MR) is 95.7 cm³/mol. The van der Waals surface area contributed by atoms with E-state index >= 15 is 0 Å². The SMILES string of the molecule is NS(=O)(=O)Nc1ccc(-n2nc(C(F)(F)F)cc2-c2ccc(Cl)cc2)cc1. The van der Waals surface area contributed by atoms with Crippen molar-refractivity contribution in [1.82, 2.24) is 9.78 Å². The molecule has 6 nitrogen and oxygen atoms in total. The maximum absolute atomic E-state index is 13.1. The van der Waals surface area contributed by atoms with Crippen molar-refractivity contribution >= 4 is 27.5 Å². The molecule has 0 bridgehead atoms. The number of hydrogen-bond donors (Lipinski definition) is 2. The fourth-order valence-corrected chi connectivity index (χ4v) is 2.97. The lowest BCUT2D eigenvalue weighted by Crippen LogP contribution is -2.21. The molecule has 27 heavy (non-hydrogen) atoms. The highest BCUT2D eigenvalue weighted by molar-refractivity contribution is 7.90. The number of alkyl halides is 3. The molecular formula is C16H12ClF3N4O2S. The average molecular weight is 417 g/mol. The summed E-state index contributed by atoms with van der Waals surface area (Å²) >= 11 is 5.84. The van der Waals surface area contributed by atoms with Gasteiger partial charge in [-0.25, -0.2) is 9.82 Å². The Bertz CT molecular complexity index is 1060. The Morgan fingerprint density at radius 1 is 1.04 bits per heavy atom. The number of rotatable bonds is 4. The van der Waals surface area contributed by atoms with Crippen LogP contribution in [0.4, 0.5) is 18.9 Å². The first-order valence-electron chi connectivity index (χ1n) is 7.37. The van der Waals surface area contributed by atoms with Crippen LogP contribution in [0, 0.1) is 0 Å². The van der Waals surface area contributed by atoms with Crippen LogP contribution in [-0.2, 0) is 16.4 Å². The van der Waals surface area contributed by atoms with E-state index in [1.54, 1.807) is 24.3 Å². The Labute approximate surface area is 157 Å². The third-order valence-corrected chi connectivity index (χ3v) is 4.28. The standard InChI is InChI=1S/C16H12ClF3N4O2S/c17-11-3-1-10(2-4-11)14-9-15(16(18,19)20)22-24(14)13-7-5-12(6-8-13)23-27(21,25)26/h1-9,23H,(H2,21,25,26). The molecule has 0 spiro atoms. The second kappa shape index (κ2) is 6.87. The van der Waals surface area contributed by atoms with E-state index in [2.05, 4.69) is 9.82 Å². The topological polar surface area (TPSA) is 90.0 Å². The molecule has 0 saturated carbocycles. The first-order valence-corrected chi connectivity index (χ1v) is 9.29. The van der Waals surface area contributed by atoms with E-state index in [0.29, 0.717) is 16.3 Å². The van der Waals surface area contributed by atoms with Gasteiger partial charge in [-0.2, -0.15) is 26.7 Å². The normalized spacial score (nSPS) is 12.2. The molecule has 3 rings (SSSR count). The fourth-order valence-electron chi connectivity index (χ4n) is 2.38. The van der Waals surface area contributed by atoms with E-state index in [0.717, 1.165) is 10.7 Å². The molecule has 142 valence electrons. The van der Waals surface area contributed by atoms with Gasteiger partial charge in [0.05, 0.1) is 11.4 Å². The molecule has 1 aromatic heterocycles. The molecule has 0 aliphatic carbocycles. The third-order valence-electron chi connectivity index (χ3n) is 3.51. The second-order valence-corrected chi connectivity index (χ2v) is 7.26. The number of benzene rings is 2. The third kappa shape index (κ3) is 4.59. The Kier molecular flexibility index (Phi) is 4.89. The minimum Gasteiger partial charge on any atom is -0.271 e. The molecule has 0 unspecified atom stereocenters. The highest BCUT2D eigenvalue weighted by Crippen LogP contribution is 2.33. The molecule has 0 saturated heterocycles. The molecule has 11 heteroatoms. The first kappa shape index (κ1) is 19.2. The lowest BCUT2D eigenvalue weighted by molar-refractivity contribution is -0.141. The lowest BCUT2D eigenvalue weighted by Gasteiger charge is -2.09. The minimum atomic E-state index is -4.62. The van der Waals surface area contributed by atoms with Crippen LogP contribution in [0.1, 0.15) is 5.69 Å². The van der Waals surface area contributed by atoms with Gasteiger partial charge in [0.1, 0.15) is 0 Å². The molecule has 1 heterocycles. The summed E-state index contributed by atoms with van der Waals surface area (Å²) in [5.41, 5.74) is 0.0902. The molecule has 0 fully saturated rings. The number of hydrogen-bond acceptors (Lipinski definition) is 3. The fraction of sp³-hybridized carbons (Fsp3) is 0.0625. The molecule has 3 aromatic rings. The number of anilines is 1. The first-order chi connectivity index (χ1) is 12.5. The van der Waals surface area contributed by atoms with Gasteiger partial charge in [0.2, 0.25) is 0 Å². The van der Waals surface area contributed by atoms with Crippen molar-refractivity contribution in [1.29, 1.82) is 0 Å². The van der Waals surface area contributed by atoms with Gasteiger partial charge in [-0.1, -0.05) is 23.7 Å². The van der Waals surface area contributed by atoms with Crippen molar-refractivity contribution in [2.24, 2.45) is 5.14 Å². The number of halogens is 4. The highest BCUT2D eigenvalue weighted by atomic mass is 35.5. The van der Waals surface area contributed by atoms with E-state index in [-0.39, 0.29) is 11.4 Å². The smallest absolute Gasteiger partial charge is 0.271 e. The Hall–Kier alpha value is -2.56. The van der Waals surface area contributed by atoms with Crippen molar-refractivity contribution in [2.75, 3.05) is 4.72 Å². The molecule has 0 aliphatic heterocycles. The summed E-state index contributed by atoms with van der Waals surface area (Å²) in [5.74, 6) is 0. The van der Waals surface area contributed by atoms with Gasteiger partial charge < -0.3 is 0 Å². The van der Waals surface area contributed by atoms with E-state index in [1.165, 1.54) is 24.3 Å². The van der Waals surface area contributed by atoms with Crippen LogP contribution >= 0.6 is 11.6 Å². The van der Waals surface area contributed by atoms with Crippen LogP contribution in [0.3, 0.4) is 0 Å². The number of aromatic nitrogens is 2. The van der Waals surface area contributed by atoms with E-state index < -0.39 is 22.1 Å². The summed E-state index contributed by atoms with van der Waals surface area (Å²) in [6, 6.07) is 12.8. The number of nitrogens with one attached hydrogen (secondary N) is 1. The lowest BCUT2D eigenvalue weighted by atomic mass is 10.1. The van der Waals surface area contributed by atoms with Gasteiger partial charge in [0, 0.05) is 16.3 Å². The van der Waals surface area contributed by atoms with Gasteiger partial charge in [0.25, 0.3) is 10.2 Å². The van der Waals surface area contributed by atoms with Crippen LogP contribution in [0.5, 0.6) is 0 Å². The maximum Gasteiger partial charge on any atom is 0.435 e. The molecule has 0 radical (unpaired) electrons. The van der Waals surface area contributed by atoms with Crippen LogP contribution in [-0.4, -0.2) is 18.2 Å². The summed E-state index contributed by atoms with van der Waals surface area (Å²) in [4.78, 5) is 0. The van der Waals surface area contributed by atoms with Gasteiger partial charge in [-0.15, -0.1) is 0 Å². The highest BCUT2D eigenvalue weighted by Gasteiger charge is 2.35. The zero-order chi connectivity index (χ0) is 19.8. The van der Waals surface area contributed by atoms with Crippen molar-refractivity contribution in [2.45, 2.75) is 6.18 Å². The van der Waals surface area contributed by atoms with Crippen molar-refractivity contribution < 1.29 is 21.6 Å². The quantitative estimate of drug-likeness (QED) is 0.677. The monoisotopic (exact) mass is 416 g/mol. The summed E-state index contributed by atoms with van der Waals surface area (Å²) in [6.07, 6.45) is -4.62. The summed E-state index contributed by atoms with van der Waals surface area (Å²) in [5, 5.41) is 8.98. The predicted octanol–water partition coefficient (Wildman–Crippen LogP) is 3.83. The van der Waals surface area contributed by atoms with Gasteiger partial charge in [-0.3, -0.25) is 4.72 Å². The van der Waals surface area contributed by atoms with Gasteiger partial charge in [-0.05, 0) is 42.5 Å². The summed E-state index contributed by atoms with van der Waals surface area (Å²) in [7, 11) is -3.96.